The van der Waals surface area contributed by atoms with Gasteiger partial charge in [-0.2, -0.15) is 21.4 Å². The van der Waals surface area contributed by atoms with E-state index in [0.29, 0.717) is 0 Å². The molecule has 2 aromatic heterocycles. The van der Waals surface area contributed by atoms with E-state index in [2.05, 4.69) is 39.6 Å². The van der Waals surface area contributed by atoms with Crippen molar-refractivity contribution < 1.29 is 4.39 Å². The Hall–Kier alpha value is -2.25. The van der Waals surface area contributed by atoms with Gasteiger partial charge in [0.25, 0.3) is 0 Å². The first kappa shape index (κ1) is 16.2. The maximum atomic E-state index is 13.4. The van der Waals surface area contributed by atoms with Crippen LogP contribution in [0, 0.1) is 5.82 Å². The van der Waals surface area contributed by atoms with Gasteiger partial charge < -0.3 is 0 Å². The molecule has 0 aliphatic heterocycles. The number of halogens is 1. The third-order valence-electron chi connectivity index (χ3n) is 3.74. The summed E-state index contributed by atoms with van der Waals surface area (Å²) in [4.78, 5) is 0.734. The molecule has 0 saturated carbocycles. The molecule has 0 atom stereocenters. The van der Waals surface area contributed by atoms with E-state index in [1.54, 1.807) is 10.6 Å². The van der Waals surface area contributed by atoms with E-state index >= 15 is 0 Å². The molecule has 4 aromatic rings. The van der Waals surface area contributed by atoms with Gasteiger partial charge in [-0.1, -0.05) is 53.8 Å². The van der Waals surface area contributed by atoms with Crippen LogP contribution in [0.1, 0.15) is 11.4 Å². The second kappa shape index (κ2) is 7.33. The molecule has 4 rings (SSSR count). The van der Waals surface area contributed by atoms with Crippen LogP contribution in [0.15, 0.2) is 54.6 Å². The first-order chi connectivity index (χ1) is 12.3. The first-order valence-corrected chi connectivity index (χ1v) is 9.85. The van der Waals surface area contributed by atoms with Gasteiger partial charge >= 0.3 is 0 Å². The van der Waals surface area contributed by atoms with Crippen molar-refractivity contribution in [2.24, 2.45) is 0 Å². The molecule has 0 bridgehead atoms. The summed E-state index contributed by atoms with van der Waals surface area (Å²) in [7, 11) is 0. The van der Waals surface area contributed by atoms with E-state index < -0.39 is 0 Å². The number of fused-ring (bicyclic) bond motifs is 1. The molecule has 0 amide bonds. The van der Waals surface area contributed by atoms with Crippen molar-refractivity contribution in [3.8, 4) is 10.6 Å². The number of thioether (sulfide) groups is 1. The van der Waals surface area contributed by atoms with Crippen LogP contribution in [0.3, 0.4) is 0 Å². The van der Waals surface area contributed by atoms with Crippen molar-refractivity contribution in [3.05, 3.63) is 71.8 Å². The lowest BCUT2D eigenvalue weighted by molar-refractivity contribution is 0.628. The molecule has 2 aromatic carbocycles. The van der Waals surface area contributed by atoms with Crippen LogP contribution in [0.2, 0.25) is 0 Å². The summed E-state index contributed by atoms with van der Waals surface area (Å²) in [6, 6.07) is 16.9. The molecule has 0 fully saturated rings. The molecule has 0 unspecified atom stereocenters. The normalized spacial score (nSPS) is 11.2. The van der Waals surface area contributed by atoms with E-state index in [9.17, 15) is 4.39 Å². The van der Waals surface area contributed by atoms with Crippen LogP contribution in [-0.4, -0.2) is 25.6 Å². The number of aryl methyl sites for hydroxylation is 1. The fourth-order valence-electron chi connectivity index (χ4n) is 2.48. The van der Waals surface area contributed by atoms with Gasteiger partial charge in [0.1, 0.15) is 10.8 Å². The Kier molecular flexibility index (Phi) is 4.76. The van der Waals surface area contributed by atoms with Gasteiger partial charge in [-0.05, 0) is 29.9 Å². The summed E-state index contributed by atoms with van der Waals surface area (Å²) in [6.07, 6.45) is 1.03. The molecular weight excluding hydrogens is 355 g/mol. The zero-order valence-corrected chi connectivity index (χ0v) is 14.9. The monoisotopic (exact) mass is 370 g/mol. The smallest absolute Gasteiger partial charge is 0.207 e. The second-order valence-electron chi connectivity index (χ2n) is 5.52. The molecule has 0 N–H and O–H groups in total. The van der Waals surface area contributed by atoms with Crippen molar-refractivity contribution in [1.29, 1.82) is 0 Å². The Labute approximate surface area is 152 Å². The van der Waals surface area contributed by atoms with Gasteiger partial charge in [-0.15, -0.1) is 10.2 Å². The number of rotatable bonds is 6. The SMILES string of the molecule is Fc1cccc(-c2nn3c(CSCCc4ccccc4)nnc3s2)c1. The van der Waals surface area contributed by atoms with Gasteiger partial charge in [-0.3, -0.25) is 0 Å². The van der Waals surface area contributed by atoms with Gasteiger partial charge in [-0.25, -0.2) is 4.39 Å². The van der Waals surface area contributed by atoms with Crippen molar-refractivity contribution in [1.82, 2.24) is 19.8 Å². The number of nitrogens with zero attached hydrogens (tertiary/aromatic N) is 4. The van der Waals surface area contributed by atoms with E-state index in [4.69, 9.17) is 0 Å². The van der Waals surface area contributed by atoms with Crippen LogP contribution in [0.25, 0.3) is 15.5 Å². The third-order valence-corrected chi connectivity index (χ3v) is 5.64. The average Bonchev–Trinajstić information content (AvgIpc) is 3.21. The molecular formula is C18H15FN4S2. The Morgan fingerprint density at radius 1 is 1.04 bits per heavy atom. The van der Waals surface area contributed by atoms with E-state index in [1.807, 2.05) is 23.9 Å². The van der Waals surface area contributed by atoms with Crippen molar-refractivity contribution in [2.75, 3.05) is 5.75 Å². The largest absolute Gasteiger partial charge is 0.235 e. The van der Waals surface area contributed by atoms with Crippen molar-refractivity contribution in [2.45, 2.75) is 12.2 Å². The minimum atomic E-state index is -0.264. The van der Waals surface area contributed by atoms with Crippen LogP contribution in [0.4, 0.5) is 4.39 Å². The highest BCUT2D eigenvalue weighted by atomic mass is 32.2. The van der Waals surface area contributed by atoms with Crippen LogP contribution >= 0.6 is 23.1 Å². The lowest BCUT2D eigenvalue weighted by atomic mass is 10.2. The summed E-state index contributed by atoms with van der Waals surface area (Å²) in [5.74, 6) is 2.33. The maximum absolute atomic E-state index is 13.4. The van der Waals surface area contributed by atoms with Gasteiger partial charge in [0.05, 0.1) is 5.75 Å². The average molecular weight is 370 g/mol. The highest BCUT2D eigenvalue weighted by Crippen LogP contribution is 2.26. The summed E-state index contributed by atoms with van der Waals surface area (Å²) in [6.45, 7) is 0. The zero-order chi connectivity index (χ0) is 17.1. The zero-order valence-electron chi connectivity index (χ0n) is 13.3. The standard InChI is InChI=1S/C18H15FN4S2/c19-15-8-4-7-14(11-15)17-22-23-16(20-21-18(23)25-17)12-24-10-9-13-5-2-1-3-6-13/h1-8,11H,9-10,12H2. The molecule has 126 valence electrons. The van der Waals surface area contributed by atoms with Crippen molar-refractivity contribution in [3.63, 3.8) is 0 Å². The fourth-order valence-corrected chi connectivity index (χ4v) is 4.23. The Bertz CT molecular complexity index is 981. The van der Waals surface area contributed by atoms with Crippen LogP contribution in [0.5, 0.6) is 0 Å². The van der Waals surface area contributed by atoms with Crippen LogP contribution in [-0.2, 0) is 12.2 Å². The molecule has 0 radical (unpaired) electrons. The van der Waals surface area contributed by atoms with Gasteiger partial charge in [0.15, 0.2) is 5.82 Å². The quantitative estimate of drug-likeness (QED) is 0.470. The van der Waals surface area contributed by atoms with Crippen LogP contribution < -0.4 is 0 Å². The number of aromatic nitrogens is 4. The van der Waals surface area contributed by atoms with Gasteiger partial charge in [0, 0.05) is 5.56 Å². The van der Waals surface area contributed by atoms with Crippen molar-refractivity contribution >= 4 is 28.1 Å². The number of benzene rings is 2. The fraction of sp³-hybridized carbons (Fsp3) is 0.167. The molecule has 0 saturated heterocycles. The molecule has 7 heteroatoms. The minimum Gasteiger partial charge on any atom is -0.207 e. The predicted octanol–water partition coefficient (Wildman–Crippen LogP) is 4.47. The Balaban J connectivity index is 1.44. The Morgan fingerprint density at radius 2 is 1.92 bits per heavy atom. The third kappa shape index (κ3) is 3.72. The summed E-state index contributed by atoms with van der Waals surface area (Å²) >= 11 is 3.23. The highest BCUT2D eigenvalue weighted by molar-refractivity contribution is 7.98. The number of hydrogen-bond acceptors (Lipinski definition) is 5. The highest BCUT2D eigenvalue weighted by Gasteiger charge is 2.13. The first-order valence-electron chi connectivity index (χ1n) is 7.88. The molecule has 0 aliphatic rings. The van der Waals surface area contributed by atoms with E-state index in [1.165, 1.54) is 29.0 Å². The maximum Gasteiger partial charge on any atom is 0.235 e. The lowest BCUT2D eigenvalue weighted by Crippen LogP contribution is -1.96. The number of hydrogen-bond donors (Lipinski definition) is 0. The molecule has 25 heavy (non-hydrogen) atoms. The lowest BCUT2D eigenvalue weighted by Gasteiger charge is -2.00. The van der Waals surface area contributed by atoms with E-state index in [-0.39, 0.29) is 5.82 Å². The summed E-state index contributed by atoms with van der Waals surface area (Å²) in [5, 5.41) is 13.7. The molecule has 2 heterocycles. The molecule has 0 spiro atoms. The Morgan fingerprint density at radius 3 is 2.76 bits per heavy atom. The second-order valence-corrected chi connectivity index (χ2v) is 7.58. The predicted molar refractivity (Wildman–Crippen MR) is 100 cm³/mol. The molecule has 4 nitrogen and oxygen atoms in total. The molecule has 0 aliphatic carbocycles. The summed E-state index contributed by atoms with van der Waals surface area (Å²) in [5.41, 5.74) is 2.10. The van der Waals surface area contributed by atoms with Gasteiger partial charge in [0.2, 0.25) is 4.96 Å². The topological polar surface area (TPSA) is 43.1 Å². The summed E-state index contributed by atoms with van der Waals surface area (Å²) < 4.78 is 15.2. The van der Waals surface area contributed by atoms with E-state index in [0.717, 1.165) is 39.3 Å². The minimum absolute atomic E-state index is 0.264.